The second kappa shape index (κ2) is 7.96. The third-order valence-corrected chi connectivity index (χ3v) is 3.38. The molecule has 120 valence electrons. The summed E-state index contributed by atoms with van der Waals surface area (Å²) < 4.78 is 5.69. The van der Waals surface area contributed by atoms with Crippen LogP contribution < -0.4 is 0 Å². The number of rotatable bonds is 4. The Morgan fingerprint density at radius 2 is 1.91 bits per heavy atom. The molecule has 0 N–H and O–H groups in total. The highest BCUT2D eigenvalue weighted by Crippen LogP contribution is 2.26. The summed E-state index contributed by atoms with van der Waals surface area (Å²) in [5.74, 6) is 1.83. The summed E-state index contributed by atoms with van der Waals surface area (Å²) >= 11 is 1.57. The highest BCUT2D eigenvalue weighted by atomic mass is 32.1. The lowest BCUT2D eigenvalue weighted by Gasteiger charge is -2.14. The largest absolute Gasteiger partial charge is 0.419 e. The van der Waals surface area contributed by atoms with Gasteiger partial charge in [-0.3, -0.25) is 0 Å². The molecule has 0 fully saturated rings. The summed E-state index contributed by atoms with van der Waals surface area (Å²) in [5.41, 5.74) is 1.25. The molecule has 0 aromatic carbocycles. The molecule has 0 spiro atoms. The second-order valence-corrected chi connectivity index (χ2v) is 7.42. The van der Waals surface area contributed by atoms with Gasteiger partial charge in [0.05, 0.1) is 5.69 Å². The predicted octanol–water partition coefficient (Wildman–Crippen LogP) is 3.40. The predicted molar refractivity (Wildman–Crippen MR) is 82.1 cm³/mol. The van der Waals surface area contributed by atoms with E-state index in [1.54, 1.807) is 11.3 Å². The van der Waals surface area contributed by atoms with Crippen LogP contribution in [0.1, 0.15) is 46.2 Å². The van der Waals surface area contributed by atoms with E-state index in [0.717, 1.165) is 23.5 Å². The van der Waals surface area contributed by atoms with Gasteiger partial charge in [-0.2, -0.15) is 9.59 Å². The molecule has 6 nitrogen and oxygen atoms in total. The van der Waals surface area contributed by atoms with Gasteiger partial charge >= 0.3 is 6.15 Å². The first-order chi connectivity index (χ1) is 10.2. The van der Waals surface area contributed by atoms with Gasteiger partial charge in [0, 0.05) is 11.8 Å². The van der Waals surface area contributed by atoms with Crippen LogP contribution >= 0.6 is 11.3 Å². The molecule has 0 aliphatic carbocycles. The van der Waals surface area contributed by atoms with Crippen LogP contribution in [0.3, 0.4) is 0 Å². The molecule has 2 aromatic heterocycles. The van der Waals surface area contributed by atoms with E-state index in [1.165, 1.54) is 0 Å². The molecular formula is C15H21N3O3S. The lowest BCUT2D eigenvalue weighted by atomic mass is 9.92. The standard InChI is InChI=1S/C14H21N3OS.CO2/c1-9(2)6-10-8-19-13(15-10)12-17-16-11(18-12)7-14(3,4)5;2-1-3/h8-9H,6-7H2,1-5H3;. The number of aromatic nitrogens is 3. The summed E-state index contributed by atoms with van der Waals surface area (Å²) in [6.07, 6.45) is 2.02. The van der Waals surface area contributed by atoms with Gasteiger partial charge in [0.25, 0.3) is 5.89 Å². The van der Waals surface area contributed by atoms with Crippen molar-refractivity contribution in [2.75, 3.05) is 0 Å². The summed E-state index contributed by atoms with van der Waals surface area (Å²) in [5, 5.41) is 11.1. The van der Waals surface area contributed by atoms with Crippen molar-refractivity contribution < 1.29 is 14.0 Å². The lowest BCUT2D eigenvalue weighted by molar-refractivity contribution is -0.191. The van der Waals surface area contributed by atoms with E-state index in [4.69, 9.17) is 14.0 Å². The number of carbonyl (C=O) groups excluding carboxylic acids is 2. The Kier molecular flexibility index (Phi) is 6.59. The maximum absolute atomic E-state index is 8.12. The summed E-state index contributed by atoms with van der Waals surface area (Å²) in [4.78, 5) is 20.8. The van der Waals surface area contributed by atoms with Gasteiger partial charge < -0.3 is 4.42 Å². The van der Waals surface area contributed by atoms with E-state index in [9.17, 15) is 0 Å². The average molecular weight is 323 g/mol. The second-order valence-electron chi connectivity index (χ2n) is 6.56. The van der Waals surface area contributed by atoms with Crippen molar-refractivity contribution in [2.24, 2.45) is 11.3 Å². The SMILES string of the molecule is CC(C)Cc1csc(-c2nnc(CC(C)(C)C)o2)n1.O=C=O. The topological polar surface area (TPSA) is 85.9 Å². The minimum Gasteiger partial charge on any atom is -0.419 e. The van der Waals surface area contributed by atoms with Crippen molar-refractivity contribution in [2.45, 2.75) is 47.5 Å². The first-order valence-corrected chi connectivity index (χ1v) is 7.89. The van der Waals surface area contributed by atoms with E-state index in [2.05, 4.69) is 55.2 Å². The molecule has 22 heavy (non-hydrogen) atoms. The fourth-order valence-corrected chi connectivity index (χ4v) is 2.53. The molecule has 0 aliphatic rings. The van der Waals surface area contributed by atoms with E-state index in [1.807, 2.05) is 0 Å². The fourth-order valence-electron chi connectivity index (χ4n) is 1.78. The Balaban J connectivity index is 0.000000745. The number of hydrogen-bond donors (Lipinski definition) is 0. The number of hydrogen-bond acceptors (Lipinski definition) is 7. The van der Waals surface area contributed by atoms with Crippen LogP contribution in [-0.2, 0) is 22.4 Å². The highest BCUT2D eigenvalue weighted by molar-refractivity contribution is 7.13. The minimum atomic E-state index is 0.148. The normalized spacial score (nSPS) is 11.0. The first kappa shape index (κ1) is 18.2. The zero-order chi connectivity index (χ0) is 16.8. The molecule has 0 unspecified atom stereocenters. The summed E-state index contributed by atoms with van der Waals surface area (Å²) in [6, 6.07) is 0. The molecule has 0 radical (unpaired) electrons. The Bertz CT molecular complexity index is 620. The van der Waals surface area contributed by atoms with Crippen LogP contribution in [0.2, 0.25) is 0 Å². The number of thiazole rings is 1. The van der Waals surface area contributed by atoms with Gasteiger partial charge in [0.15, 0.2) is 5.01 Å². The molecule has 0 saturated heterocycles. The van der Waals surface area contributed by atoms with Crippen molar-refractivity contribution in [1.82, 2.24) is 15.2 Å². The van der Waals surface area contributed by atoms with Crippen molar-refractivity contribution >= 4 is 17.5 Å². The van der Waals surface area contributed by atoms with E-state index in [0.29, 0.717) is 17.7 Å². The third kappa shape index (κ3) is 6.28. The Labute approximate surface area is 134 Å². The molecule has 2 heterocycles. The molecule has 2 aromatic rings. The number of nitrogens with zero attached hydrogens (tertiary/aromatic N) is 3. The Morgan fingerprint density at radius 3 is 2.45 bits per heavy atom. The molecular weight excluding hydrogens is 302 g/mol. The van der Waals surface area contributed by atoms with Crippen molar-refractivity contribution in [3.63, 3.8) is 0 Å². The van der Waals surface area contributed by atoms with Gasteiger partial charge in [-0.15, -0.1) is 21.5 Å². The maximum Gasteiger partial charge on any atom is 0.373 e. The molecule has 0 bridgehead atoms. The zero-order valence-electron chi connectivity index (χ0n) is 13.5. The smallest absolute Gasteiger partial charge is 0.373 e. The van der Waals surface area contributed by atoms with Crippen LogP contribution in [0.25, 0.3) is 10.9 Å². The van der Waals surface area contributed by atoms with E-state index < -0.39 is 0 Å². The van der Waals surface area contributed by atoms with Gasteiger partial charge in [-0.25, -0.2) is 4.98 Å². The van der Waals surface area contributed by atoms with Crippen LogP contribution in [0.15, 0.2) is 9.80 Å². The maximum atomic E-state index is 8.12. The van der Waals surface area contributed by atoms with Crippen LogP contribution in [0.4, 0.5) is 0 Å². The molecule has 0 amide bonds. The summed E-state index contributed by atoms with van der Waals surface area (Å²) in [7, 11) is 0. The Hall–Kier alpha value is -1.85. The Morgan fingerprint density at radius 1 is 1.27 bits per heavy atom. The molecule has 0 aliphatic heterocycles. The van der Waals surface area contributed by atoms with E-state index in [-0.39, 0.29) is 11.6 Å². The molecule has 0 saturated carbocycles. The van der Waals surface area contributed by atoms with Crippen LogP contribution in [-0.4, -0.2) is 21.3 Å². The lowest BCUT2D eigenvalue weighted by Crippen LogP contribution is -2.09. The van der Waals surface area contributed by atoms with Crippen LogP contribution in [0.5, 0.6) is 0 Å². The fraction of sp³-hybridized carbons (Fsp3) is 0.600. The van der Waals surface area contributed by atoms with Crippen LogP contribution in [0, 0.1) is 11.3 Å². The van der Waals surface area contributed by atoms with Gasteiger partial charge in [-0.1, -0.05) is 34.6 Å². The van der Waals surface area contributed by atoms with Crippen molar-refractivity contribution in [1.29, 1.82) is 0 Å². The van der Waals surface area contributed by atoms with Gasteiger partial charge in [0.2, 0.25) is 5.89 Å². The molecule has 0 atom stereocenters. The third-order valence-electron chi connectivity index (χ3n) is 2.50. The molecule has 7 heteroatoms. The first-order valence-electron chi connectivity index (χ1n) is 7.01. The summed E-state index contributed by atoms with van der Waals surface area (Å²) in [6.45, 7) is 10.8. The van der Waals surface area contributed by atoms with Crippen molar-refractivity contribution in [3.05, 3.63) is 17.0 Å². The van der Waals surface area contributed by atoms with Gasteiger partial charge in [-0.05, 0) is 17.8 Å². The average Bonchev–Trinajstić information content (AvgIpc) is 2.96. The molecule has 2 rings (SSSR count). The van der Waals surface area contributed by atoms with Gasteiger partial charge in [0.1, 0.15) is 0 Å². The quantitative estimate of drug-likeness (QED) is 0.857. The monoisotopic (exact) mass is 323 g/mol. The highest BCUT2D eigenvalue weighted by Gasteiger charge is 2.18. The zero-order valence-corrected chi connectivity index (χ0v) is 14.4. The van der Waals surface area contributed by atoms with Crippen molar-refractivity contribution in [3.8, 4) is 10.9 Å². The van der Waals surface area contributed by atoms with E-state index >= 15 is 0 Å². The minimum absolute atomic E-state index is 0.148.